The maximum Gasteiger partial charge on any atom is 0.409 e. The number of alkyl halides is 1. The van der Waals surface area contributed by atoms with E-state index in [2.05, 4.69) is 27.3 Å². The lowest BCUT2D eigenvalue weighted by atomic mass is 10.6. The molecular formula is C6H12INO2. The van der Waals surface area contributed by atoms with Crippen LogP contribution in [-0.4, -0.2) is 35.6 Å². The molecule has 0 saturated heterocycles. The van der Waals surface area contributed by atoms with Gasteiger partial charge in [0, 0.05) is 17.5 Å². The Morgan fingerprint density at radius 1 is 1.70 bits per heavy atom. The molecule has 1 amide bonds. The van der Waals surface area contributed by atoms with Crippen LogP contribution in [0.15, 0.2) is 0 Å². The molecule has 0 radical (unpaired) electrons. The Hall–Kier alpha value is 0. The van der Waals surface area contributed by atoms with Crippen LogP contribution in [0.3, 0.4) is 0 Å². The molecule has 0 fully saturated rings. The van der Waals surface area contributed by atoms with Gasteiger partial charge in [0.25, 0.3) is 0 Å². The van der Waals surface area contributed by atoms with Gasteiger partial charge in [0.1, 0.15) is 0 Å². The fourth-order valence-corrected chi connectivity index (χ4v) is 1.19. The van der Waals surface area contributed by atoms with E-state index in [0.717, 1.165) is 17.5 Å². The molecule has 0 aromatic rings. The molecule has 4 heteroatoms. The zero-order valence-electron chi connectivity index (χ0n) is 6.26. The number of ether oxygens (including phenoxy) is 1. The van der Waals surface area contributed by atoms with E-state index in [-0.39, 0.29) is 6.09 Å². The lowest BCUT2D eigenvalue weighted by Crippen LogP contribution is -2.32. The fourth-order valence-electron chi connectivity index (χ4n) is 0.610. The largest absolute Gasteiger partial charge is 0.453 e. The number of hydrogen-bond donors (Lipinski definition) is 0. The van der Waals surface area contributed by atoms with Gasteiger partial charge in [-0.2, -0.15) is 0 Å². The summed E-state index contributed by atoms with van der Waals surface area (Å²) in [5.41, 5.74) is 0. The highest BCUT2D eigenvalue weighted by Crippen LogP contribution is 1.93. The maximum atomic E-state index is 10.8. The van der Waals surface area contributed by atoms with Crippen LogP contribution in [0.4, 0.5) is 4.79 Å². The SMILES string of the molecule is CCN(CCI)C(=O)OC. The average molecular weight is 257 g/mol. The molecule has 0 N–H and O–H groups in total. The predicted octanol–water partition coefficient (Wildman–Crippen LogP) is 1.51. The van der Waals surface area contributed by atoms with Crippen molar-refractivity contribution >= 4 is 28.7 Å². The second kappa shape index (κ2) is 5.76. The van der Waals surface area contributed by atoms with Gasteiger partial charge in [0.2, 0.25) is 0 Å². The molecule has 0 aromatic heterocycles. The van der Waals surface area contributed by atoms with E-state index in [1.165, 1.54) is 7.11 Å². The summed E-state index contributed by atoms with van der Waals surface area (Å²) in [5, 5.41) is 0. The van der Waals surface area contributed by atoms with Gasteiger partial charge < -0.3 is 9.64 Å². The number of hydrogen-bond acceptors (Lipinski definition) is 2. The Morgan fingerprint density at radius 2 is 2.30 bits per heavy atom. The van der Waals surface area contributed by atoms with Gasteiger partial charge in [0.15, 0.2) is 0 Å². The zero-order valence-corrected chi connectivity index (χ0v) is 8.42. The molecule has 0 spiro atoms. The molecule has 0 aliphatic rings. The summed E-state index contributed by atoms with van der Waals surface area (Å²) in [6.45, 7) is 3.42. The number of nitrogens with zero attached hydrogens (tertiary/aromatic N) is 1. The summed E-state index contributed by atoms with van der Waals surface area (Å²) in [4.78, 5) is 12.5. The summed E-state index contributed by atoms with van der Waals surface area (Å²) in [7, 11) is 1.40. The lowest BCUT2D eigenvalue weighted by Gasteiger charge is -2.16. The number of halogens is 1. The van der Waals surface area contributed by atoms with Crippen LogP contribution in [-0.2, 0) is 4.74 Å². The van der Waals surface area contributed by atoms with Gasteiger partial charge in [0.05, 0.1) is 7.11 Å². The monoisotopic (exact) mass is 257 g/mol. The first-order valence-corrected chi connectivity index (χ1v) is 4.67. The van der Waals surface area contributed by atoms with Crippen LogP contribution in [0.5, 0.6) is 0 Å². The molecule has 60 valence electrons. The van der Waals surface area contributed by atoms with Crippen molar-refractivity contribution in [2.75, 3.05) is 24.6 Å². The number of carbonyl (C=O) groups is 1. The second-order valence-corrected chi connectivity index (χ2v) is 2.82. The first-order chi connectivity index (χ1) is 4.76. The predicted molar refractivity (Wildman–Crippen MR) is 48.5 cm³/mol. The van der Waals surface area contributed by atoms with Crippen molar-refractivity contribution in [3.05, 3.63) is 0 Å². The van der Waals surface area contributed by atoms with Gasteiger partial charge in [-0.15, -0.1) is 0 Å². The molecule has 3 nitrogen and oxygen atoms in total. The van der Waals surface area contributed by atoms with Crippen molar-refractivity contribution in [3.8, 4) is 0 Å². The van der Waals surface area contributed by atoms with Crippen LogP contribution < -0.4 is 0 Å². The minimum Gasteiger partial charge on any atom is -0.453 e. The molecular weight excluding hydrogens is 245 g/mol. The highest BCUT2D eigenvalue weighted by atomic mass is 127. The smallest absolute Gasteiger partial charge is 0.409 e. The number of rotatable bonds is 3. The third-order valence-electron chi connectivity index (χ3n) is 1.17. The Kier molecular flexibility index (Phi) is 5.76. The molecule has 0 saturated carbocycles. The van der Waals surface area contributed by atoms with Crippen LogP contribution in [0.25, 0.3) is 0 Å². The lowest BCUT2D eigenvalue weighted by molar-refractivity contribution is 0.128. The highest BCUT2D eigenvalue weighted by molar-refractivity contribution is 14.1. The summed E-state index contributed by atoms with van der Waals surface area (Å²) < 4.78 is 5.48. The minimum atomic E-state index is -0.237. The van der Waals surface area contributed by atoms with Crippen molar-refractivity contribution in [1.29, 1.82) is 0 Å². The van der Waals surface area contributed by atoms with Crippen molar-refractivity contribution in [1.82, 2.24) is 4.90 Å². The van der Waals surface area contributed by atoms with Crippen molar-refractivity contribution in [2.24, 2.45) is 0 Å². The Bertz CT molecular complexity index is 108. The molecule has 0 heterocycles. The molecule has 0 atom stereocenters. The molecule has 0 aromatic carbocycles. The van der Waals surface area contributed by atoms with Crippen molar-refractivity contribution in [2.45, 2.75) is 6.92 Å². The molecule has 0 aliphatic carbocycles. The summed E-state index contributed by atoms with van der Waals surface area (Å²) in [6, 6.07) is 0. The zero-order chi connectivity index (χ0) is 7.98. The van der Waals surface area contributed by atoms with Crippen molar-refractivity contribution < 1.29 is 9.53 Å². The molecule has 0 aliphatic heterocycles. The minimum absolute atomic E-state index is 0.237. The van der Waals surface area contributed by atoms with Crippen LogP contribution >= 0.6 is 22.6 Å². The van der Waals surface area contributed by atoms with Crippen LogP contribution in [0.1, 0.15) is 6.92 Å². The van der Waals surface area contributed by atoms with Gasteiger partial charge in [-0.25, -0.2) is 4.79 Å². The topological polar surface area (TPSA) is 29.5 Å². The fraction of sp³-hybridized carbons (Fsp3) is 0.833. The van der Waals surface area contributed by atoms with E-state index in [9.17, 15) is 4.79 Å². The van der Waals surface area contributed by atoms with E-state index in [1.807, 2.05) is 6.92 Å². The van der Waals surface area contributed by atoms with Crippen molar-refractivity contribution in [3.63, 3.8) is 0 Å². The molecule has 10 heavy (non-hydrogen) atoms. The third kappa shape index (κ3) is 3.24. The van der Waals surface area contributed by atoms with E-state index in [0.29, 0.717) is 0 Å². The quantitative estimate of drug-likeness (QED) is 0.566. The van der Waals surface area contributed by atoms with Crippen LogP contribution in [0.2, 0.25) is 0 Å². The Labute approximate surface area is 74.9 Å². The first kappa shape index (κ1) is 10.0. The summed E-state index contributed by atoms with van der Waals surface area (Å²) >= 11 is 2.23. The first-order valence-electron chi connectivity index (χ1n) is 3.15. The van der Waals surface area contributed by atoms with Gasteiger partial charge in [-0.05, 0) is 6.92 Å². The summed E-state index contributed by atoms with van der Waals surface area (Å²) in [5.74, 6) is 0. The van der Waals surface area contributed by atoms with Gasteiger partial charge in [-0.1, -0.05) is 22.6 Å². The second-order valence-electron chi connectivity index (χ2n) is 1.74. The standard InChI is InChI=1S/C6H12INO2/c1-3-8(5-4-7)6(9)10-2/h3-5H2,1-2H3. The van der Waals surface area contributed by atoms with E-state index in [4.69, 9.17) is 0 Å². The highest BCUT2D eigenvalue weighted by Gasteiger charge is 2.08. The molecule has 0 rings (SSSR count). The molecule has 0 bridgehead atoms. The van der Waals surface area contributed by atoms with E-state index < -0.39 is 0 Å². The van der Waals surface area contributed by atoms with E-state index >= 15 is 0 Å². The van der Waals surface area contributed by atoms with Crippen LogP contribution in [0, 0.1) is 0 Å². The third-order valence-corrected chi connectivity index (χ3v) is 1.65. The molecule has 0 unspecified atom stereocenters. The Balaban J connectivity index is 3.68. The van der Waals surface area contributed by atoms with Gasteiger partial charge >= 0.3 is 6.09 Å². The summed E-state index contributed by atoms with van der Waals surface area (Å²) in [6.07, 6.45) is -0.237. The normalized spacial score (nSPS) is 9.10. The average Bonchev–Trinajstić information content (AvgIpc) is 1.99. The Morgan fingerprint density at radius 3 is 2.60 bits per heavy atom. The number of carbonyl (C=O) groups excluding carboxylic acids is 1. The number of methoxy groups -OCH3 is 1. The van der Waals surface area contributed by atoms with E-state index in [1.54, 1.807) is 4.90 Å². The number of amides is 1. The maximum absolute atomic E-state index is 10.8. The van der Waals surface area contributed by atoms with Gasteiger partial charge in [-0.3, -0.25) is 0 Å².